The van der Waals surface area contributed by atoms with Gasteiger partial charge in [0.25, 0.3) is 0 Å². The van der Waals surface area contributed by atoms with Crippen molar-refractivity contribution in [3.63, 3.8) is 0 Å². The Bertz CT molecular complexity index is 752. The van der Waals surface area contributed by atoms with Crippen LogP contribution in [0.25, 0.3) is 11.0 Å². The van der Waals surface area contributed by atoms with E-state index in [0.717, 1.165) is 4.90 Å². The first-order valence-electron chi connectivity index (χ1n) is 5.91. The zero-order chi connectivity index (χ0) is 13.4. The predicted molar refractivity (Wildman–Crippen MR) is 76.3 cm³/mol. The van der Waals surface area contributed by atoms with Crippen LogP contribution in [0.15, 0.2) is 44.8 Å². The lowest BCUT2D eigenvalue weighted by Gasteiger charge is -2.07. The van der Waals surface area contributed by atoms with Gasteiger partial charge in [0.15, 0.2) is 11.0 Å². The van der Waals surface area contributed by atoms with E-state index in [1.54, 1.807) is 11.8 Å². The van der Waals surface area contributed by atoms with E-state index >= 15 is 0 Å². The number of rotatable bonds is 2. The van der Waals surface area contributed by atoms with Crippen molar-refractivity contribution in [2.75, 3.05) is 5.73 Å². The average molecular weight is 271 g/mol. The number of anilines is 1. The molecule has 0 aliphatic carbocycles. The van der Waals surface area contributed by atoms with Crippen LogP contribution < -0.4 is 5.73 Å². The van der Waals surface area contributed by atoms with E-state index in [9.17, 15) is 0 Å². The summed E-state index contributed by atoms with van der Waals surface area (Å²) < 4.78 is 4.78. The van der Waals surface area contributed by atoms with E-state index in [0.29, 0.717) is 16.7 Å². The van der Waals surface area contributed by atoms with Crippen LogP contribution in [-0.4, -0.2) is 10.3 Å². The number of hydrogen-bond acceptors (Lipinski definition) is 5. The van der Waals surface area contributed by atoms with Crippen LogP contribution in [0, 0.1) is 13.8 Å². The summed E-state index contributed by atoms with van der Waals surface area (Å²) in [5, 5.41) is 7.78. The highest BCUT2D eigenvalue weighted by molar-refractivity contribution is 7.99. The van der Waals surface area contributed by atoms with Gasteiger partial charge in [-0.15, -0.1) is 0 Å². The summed E-state index contributed by atoms with van der Waals surface area (Å²) in [5.41, 5.74) is 10.2. The molecule has 0 fully saturated rings. The third-order valence-electron chi connectivity index (χ3n) is 2.97. The van der Waals surface area contributed by atoms with Gasteiger partial charge >= 0.3 is 0 Å². The second-order valence-electron chi connectivity index (χ2n) is 4.49. The van der Waals surface area contributed by atoms with Gasteiger partial charge in [-0.05, 0) is 53.5 Å². The maximum absolute atomic E-state index is 5.85. The van der Waals surface area contributed by atoms with Crippen LogP contribution in [0.5, 0.6) is 0 Å². The number of fused-ring (bicyclic) bond motifs is 1. The van der Waals surface area contributed by atoms with E-state index in [1.807, 2.05) is 12.1 Å². The molecule has 1 aromatic heterocycles. The van der Waals surface area contributed by atoms with Gasteiger partial charge < -0.3 is 5.73 Å². The molecular weight excluding hydrogens is 258 g/mol. The van der Waals surface area contributed by atoms with Crippen LogP contribution in [0.3, 0.4) is 0 Å². The third kappa shape index (κ3) is 2.17. The fourth-order valence-corrected chi connectivity index (χ4v) is 2.96. The summed E-state index contributed by atoms with van der Waals surface area (Å²) in [5.74, 6) is 0. The Hall–Kier alpha value is -2.01. The normalized spacial score (nSPS) is 11.1. The first-order chi connectivity index (χ1) is 9.15. The molecule has 19 heavy (non-hydrogen) atoms. The van der Waals surface area contributed by atoms with Crippen molar-refractivity contribution >= 4 is 28.5 Å². The molecule has 0 bridgehead atoms. The minimum atomic E-state index is 0.585. The van der Waals surface area contributed by atoms with E-state index in [2.05, 4.69) is 42.4 Å². The maximum Gasteiger partial charge on any atom is 0.159 e. The molecule has 2 N–H and O–H groups in total. The molecule has 0 unspecified atom stereocenters. The van der Waals surface area contributed by atoms with E-state index in [1.165, 1.54) is 16.0 Å². The second kappa shape index (κ2) is 4.59. The van der Waals surface area contributed by atoms with Crippen molar-refractivity contribution in [3.05, 3.63) is 41.5 Å². The van der Waals surface area contributed by atoms with Crippen LogP contribution in [0.4, 0.5) is 5.69 Å². The van der Waals surface area contributed by atoms with Crippen LogP contribution in [-0.2, 0) is 0 Å². The molecule has 0 saturated carbocycles. The Kier molecular flexibility index (Phi) is 2.91. The fourth-order valence-electron chi connectivity index (χ4n) is 1.88. The monoisotopic (exact) mass is 271 g/mol. The Balaban J connectivity index is 2.08. The number of benzene rings is 2. The van der Waals surface area contributed by atoms with Gasteiger partial charge in [0.2, 0.25) is 0 Å². The lowest BCUT2D eigenvalue weighted by molar-refractivity contribution is 0.315. The molecule has 96 valence electrons. The van der Waals surface area contributed by atoms with Gasteiger partial charge in [-0.25, -0.2) is 4.63 Å². The summed E-state index contributed by atoms with van der Waals surface area (Å²) in [6, 6.07) is 10.2. The molecule has 3 rings (SSSR count). The lowest BCUT2D eigenvalue weighted by Crippen LogP contribution is -1.88. The first-order valence-corrected chi connectivity index (χ1v) is 6.72. The van der Waals surface area contributed by atoms with Crippen LogP contribution in [0.1, 0.15) is 11.1 Å². The first kappa shape index (κ1) is 12.0. The van der Waals surface area contributed by atoms with Gasteiger partial charge in [-0.1, -0.05) is 23.9 Å². The molecule has 4 nitrogen and oxygen atoms in total. The minimum Gasteiger partial charge on any atom is -0.397 e. The maximum atomic E-state index is 5.85. The number of aromatic nitrogens is 2. The summed E-state index contributed by atoms with van der Waals surface area (Å²) >= 11 is 1.65. The van der Waals surface area contributed by atoms with E-state index in [-0.39, 0.29) is 0 Å². The number of nitrogen functional groups attached to an aromatic ring is 1. The van der Waals surface area contributed by atoms with Crippen molar-refractivity contribution in [3.8, 4) is 0 Å². The lowest BCUT2D eigenvalue weighted by atomic mass is 10.2. The van der Waals surface area contributed by atoms with Gasteiger partial charge in [0.05, 0.1) is 5.69 Å². The zero-order valence-corrected chi connectivity index (χ0v) is 11.5. The molecule has 1 heterocycles. The van der Waals surface area contributed by atoms with Crippen LogP contribution in [0.2, 0.25) is 0 Å². The highest BCUT2D eigenvalue weighted by Gasteiger charge is 2.12. The molecule has 0 amide bonds. The van der Waals surface area contributed by atoms with Crippen molar-refractivity contribution in [1.82, 2.24) is 10.3 Å². The number of nitrogens with two attached hydrogens (primary N) is 1. The largest absolute Gasteiger partial charge is 0.397 e. The van der Waals surface area contributed by atoms with Crippen molar-refractivity contribution in [2.45, 2.75) is 23.6 Å². The van der Waals surface area contributed by atoms with Gasteiger partial charge in [-0.2, -0.15) is 0 Å². The van der Waals surface area contributed by atoms with Crippen molar-refractivity contribution < 1.29 is 4.63 Å². The SMILES string of the molecule is Cc1ccc(C)c(Sc2ccc(N)c3nonc23)c1. The summed E-state index contributed by atoms with van der Waals surface area (Å²) in [6.07, 6.45) is 0. The predicted octanol–water partition coefficient (Wildman–Crippen LogP) is 3.57. The highest BCUT2D eigenvalue weighted by Crippen LogP contribution is 2.36. The smallest absolute Gasteiger partial charge is 0.159 e. The second-order valence-corrected chi connectivity index (χ2v) is 5.57. The fraction of sp³-hybridized carbons (Fsp3) is 0.143. The summed E-state index contributed by atoms with van der Waals surface area (Å²) in [4.78, 5) is 2.20. The molecule has 0 spiro atoms. The molecule has 0 radical (unpaired) electrons. The standard InChI is InChI=1S/C14H13N3OS/c1-8-3-4-9(2)12(7-8)19-11-6-5-10(15)13-14(11)17-18-16-13/h3-7H,15H2,1-2H3. The van der Waals surface area contributed by atoms with Crippen molar-refractivity contribution in [2.24, 2.45) is 0 Å². The van der Waals surface area contributed by atoms with Crippen molar-refractivity contribution in [1.29, 1.82) is 0 Å². The summed E-state index contributed by atoms with van der Waals surface area (Å²) in [6.45, 7) is 4.18. The Morgan fingerprint density at radius 1 is 1.00 bits per heavy atom. The Morgan fingerprint density at radius 3 is 2.63 bits per heavy atom. The van der Waals surface area contributed by atoms with Gasteiger partial charge in [-0.3, -0.25) is 0 Å². The topological polar surface area (TPSA) is 64.9 Å². The number of aryl methyl sites for hydroxylation is 2. The minimum absolute atomic E-state index is 0.585. The molecule has 0 atom stereocenters. The quantitative estimate of drug-likeness (QED) is 0.722. The molecule has 5 heteroatoms. The number of nitrogens with zero attached hydrogens (tertiary/aromatic N) is 2. The van der Waals surface area contributed by atoms with E-state index in [4.69, 9.17) is 10.4 Å². The van der Waals surface area contributed by atoms with Gasteiger partial charge in [0.1, 0.15) is 0 Å². The van der Waals surface area contributed by atoms with Gasteiger partial charge in [0, 0.05) is 9.79 Å². The molecule has 3 aromatic rings. The Morgan fingerprint density at radius 2 is 1.79 bits per heavy atom. The molecule has 0 aliphatic heterocycles. The average Bonchev–Trinajstić information content (AvgIpc) is 2.87. The molecule has 0 saturated heterocycles. The molecule has 2 aromatic carbocycles. The van der Waals surface area contributed by atoms with E-state index < -0.39 is 0 Å². The summed E-state index contributed by atoms with van der Waals surface area (Å²) in [7, 11) is 0. The Labute approximate surface area is 114 Å². The zero-order valence-electron chi connectivity index (χ0n) is 10.7. The van der Waals surface area contributed by atoms with Crippen LogP contribution >= 0.6 is 11.8 Å². The molecule has 0 aliphatic rings. The highest BCUT2D eigenvalue weighted by atomic mass is 32.2. The number of hydrogen-bond donors (Lipinski definition) is 1. The molecular formula is C14H13N3OS. The third-order valence-corrected chi connectivity index (χ3v) is 4.18.